The Labute approximate surface area is 89.1 Å². The van der Waals surface area contributed by atoms with Crippen molar-refractivity contribution in [3.05, 3.63) is 24.0 Å². The van der Waals surface area contributed by atoms with Gasteiger partial charge in [-0.15, -0.1) is 0 Å². The first-order chi connectivity index (χ1) is 7.31. The van der Waals surface area contributed by atoms with Crippen molar-refractivity contribution in [2.75, 3.05) is 12.4 Å². The summed E-state index contributed by atoms with van der Waals surface area (Å²) in [5, 5.41) is 5.97. The Morgan fingerprint density at radius 1 is 1.53 bits per heavy atom. The molecule has 1 heterocycles. The fraction of sp³-hybridized carbons (Fsp3) is 0.455. The Hall–Kier alpha value is -1.58. The highest BCUT2D eigenvalue weighted by atomic mass is 16.1. The molecular weight excluding hydrogens is 190 g/mol. The third kappa shape index (κ3) is 2.09. The van der Waals surface area contributed by atoms with Crippen molar-refractivity contribution in [3.8, 4) is 0 Å². The van der Waals surface area contributed by atoms with Crippen molar-refractivity contribution in [1.82, 2.24) is 10.3 Å². The standard InChI is InChI=1S/C11H15N3O/c1-12-10-5-6-13-7-9(10)11(15)14-8-3-2-4-8/h5-8H,2-4H2,1H3,(H,12,13)(H,14,15). The number of aromatic nitrogens is 1. The van der Waals surface area contributed by atoms with E-state index >= 15 is 0 Å². The maximum atomic E-state index is 11.8. The summed E-state index contributed by atoms with van der Waals surface area (Å²) < 4.78 is 0. The van der Waals surface area contributed by atoms with Gasteiger partial charge in [-0.2, -0.15) is 0 Å². The van der Waals surface area contributed by atoms with Crippen LogP contribution in [0.1, 0.15) is 29.6 Å². The van der Waals surface area contributed by atoms with Crippen LogP contribution >= 0.6 is 0 Å². The van der Waals surface area contributed by atoms with Crippen molar-refractivity contribution < 1.29 is 4.79 Å². The summed E-state index contributed by atoms with van der Waals surface area (Å²) in [6.07, 6.45) is 6.68. The summed E-state index contributed by atoms with van der Waals surface area (Å²) in [7, 11) is 1.80. The molecule has 2 rings (SSSR count). The van der Waals surface area contributed by atoms with Crippen LogP contribution in [0.2, 0.25) is 0 Å². The lowest BCUT2D eigenvalue weighted by molar-refractivity contribution is 0.0917. The first-order valence-electron chi connectivity index (χ1n) is 5.24. The maximum absolute atomic E-state index is 11.8. The molecule has 1 fully saturated rings. The molecule has 0 radical (unpaired) electrons. The number of pyridine rings is 1. The minimum absolute atomic E-state index is 0.0304. The largest absolute Gasteiger partial charge is 0.387 e. The Morgan fingerprint density at radius 3 is 2.93 bits per heavy atom. The average Bonchev–Trinajstić information content (AvgIpc) is 2.23. The van der Waals surface area contributed by atoms with E-state index in [1.807, 2.05) is 0 Å². The first-order valence-corrected chi connectivity index (χ1v) is 5.24. The maximum Gasteiger partial charge on any atom is 0.255 e. The molecule has 15 heavy (non-hydrogen) atoms. The summed E-state index contributed by atoms with van der Waals surface area (Å²) >= 11 is 0. The lowest BCUT2D eigenvalue weighted by atomic mass is 9.93. The highest BCUT2D eigenvalue weighted by molar-refractivity contribution is 5.99. The van der Waals surface area contributed by atoms with Gasteiger partial charge >= 0.3 is 0 Å². The molecule has 80 valence electrons. The molecule has 2 N–H and O–H groups in total. The Bertz CT molecular complexity index is 361. The van der Waals surface area contributed by atoms with Crippen LogP contribution in [0.25, 0.3) is 0 Å². The van der Waals surface area contributed by atoms with Crippen molar-refractivity contribution in [2.24, 2.45) is 0 Å². The van der Waals surface area contributed by atoms with Crippen LogP contribution in [0, 0.1) is 0 Å². The van der Waals surface area contributed by atoms with E-state index in [1.54, 1.807) is 25.5 Å². The number of carbonyl (C=O) groups excluding carboxylic acids is 1. The van der Waals surface area contributed by atoms with Crippen LogP contribution in [0.3, 0.4) is 0 Å². The molecule has 0 atom stereocenters. The fourth-order valence-electron chi connectivity index (χ4n) is 1.61. The summed E-state index contributed by atoms with van der Waals surface area (Å²) in [4.78, 5) is 15.8. The number of nitrogens with one attached hydrogen (secondary N) is 2. The van der Waals surface area contributed by atoms with Gasteiger partial charge in [0.2, 0.25) is 0 Å². The number of carbonyl (C=O) groups is 1. The smallest absolute Gasteiger partial charge is 0.255 e. The van der Waals surface area contributed by atoms with Crippen LogP contribution in [0.5, 0.6) is 0 Å². The normalized spacial score (nSPS) is 15.5. The van der Waals surface area contributed by atoms with Gasteiger partial charge < -0.3 is 10.6 Å². The predicted molar refractivity (Wildman–Crippen MR) is 58.9 cm³/mol. The average molecular weight is 205 g/mol. The van der Waals surface area contributed by atoms with Gasteiger partial charge in [0.15, 0.2) is 0 Å². The Morgan fingerprint density at radius 2 is 2.33 bits per heavy atom. The zero-order valence-electron chi connectivity index (χ0n) is 8.79. The summed E-state index contributed by atoms with van der Waals surface area (Å²) in [6.45, 7) is 0. The third-order valence-corrected chi connectivity index (χ3v) is 2.78. The molecule has 4 nitrogen and oxygen atoms in total. The quantitative estimate of drug-likeness (QED) is 0.784. The number of hydrogen-bond donors (Lipinski definition) is 2. The van der Waals surface area contributed by atoms with Gasteiger partial charge in [0.25, 0.3) is 5.91 Å². The van der Waals surface area contributed by atoms with Gasteiger partial charge in [-0.1, -0.05) is 0 Å². The molecule has 4 heteroatoms. The molecule has 1 aromatic heterocycles. The molecule has 1 aromatic rings. The van der Waals surface area contributed by atoms with Crippen LogP contribution in [0.4, 0.5) is 5.69 Å². The Balaban J connectivity index is 2.09. The number of hydrogen-bond acceptors (Lipinski definition) is 3. The van der Waals surface area contributed by atoms with Gasteiger partial charge in [-0.25, -0.2) is 0 Å². The number of nitrogens with zero attached hydrogens (tertiary/aromatic N) is 1. The predicted octanol–water partition coefficient (Wildman–Crippen LogP) is 1.41. The lowest BCUT2D eigenvalue weighted by Gasteiger charge is -2.26. The molecule has 0 saturated heterocycles. The van der Waals surface area contributed by atoms with Crippen molar-refractivity contribution in [3.63, 3.8) is 0 Å². The lowest BCUT2D eigenvalue weighted by Crippen LogP contribution is -2.39. The molecule has 1 saturated carbocycles. The molecule has 0 aliphatic heterocycles. The van der Waals surface area contributed by atoms with E-state index < -0.39 is 0 Å². The summed E-state index contributed by atoms with van der Waals surface area (Å²) in [5.74, 6) is -0.0304. The van der Waals surface area contributed by atoms with E-state index in [0.29, 0.717) is 11.6 Å². The first kappa shape index (κ1) is 9.96. The van der Waals surface area contributed by atoms with E-state index in [1.165, 1.54) is 6.42 Å². The van der Waals surface area contributed by atoms with Gasteiger partial charge in [0.05, 0.1) is 5.56 Å². The zero-order chi connectivity index (χ0) is 10.7. The van der Waals surface area contributed by atoms with E-state index in [2.05, 4.69) is 15.6 Å². The van der Waals surface area contributed by atoms with Crippen molar-refractivity contribution >= 4 is 11.6 Å². The van der Waals surface area contributed by atoms with E-state index in [9.17, 15) is 4.79 Å². The van der Waals surface area contributed by atoms with Gasteiger partial charge in [-0.05, 0) is 25.3 Å². The van der Waals surface area contributed by atoms with Crippen molar-refractivity contribution in [1.29, 1.82) is 0 Å². The number of rotatable bonds is 3. The summed E-state index contributed by atoms with van der Waals surface area (Å²) in [6, 6.07) is 2.16. The topological polar surface area (TPSA) is 54.0 Å². The SMILES string of the molecule is CNc1ccncc1C(=O)NC1CCC1. The molecule has 1 amide bonds. The van der Waals surface area contributed by atoms with Gasteiger partial charge in [-0.3, -0.25) is 9.78 Å². The molecular formula is C11H15N3O. The molecule has 1 aliphatic rings. The van der Waals surface area contributed by atoms with Crippen LogP contribution in [0.15, 0.2) is 18.5 Å². The highest BCUT2D eigenvalue weighted by Gasteiger charge is 2.21. The molecule has 0 unspecified atom stereocenters. The van der Waals surface area contributed by atoms with E-state index in [-0.39, 0.29) is 5.91 Å². The van der Waals surface area contributed by atoms with E-state index in [0.717, 1.165) is 18.5 Å². The van der Waals surface area contributed by atoms with Crippen LogP contribution in [-0.4, -0.2) is 24.0 Å². The fourth-order valence-corrected chi connectivity index (χ4v) is 1.61. The molecule has 0 bridgehead atoms. The van der Waals surface area contributed by atoms with E-state index in [4.69, 9.17) is 0 Å². The summed E-state index contributed by atoms with van der Waals surface area (Å²) in [5.41, 5.74) is 1.44. The molecule has 1 aliphatic carbocycles. The Kier molecular flexibility index (Phi) is 2.85. The third-order valence-electron chi connectivity index (χ3n) is 2.78. The molecule has 0 aromatic carbocycles. The second-order valence-electron chi connectivity index (χ2n) is 3.77. The van der Waals surface area contributed by atoms with Crippen LogP contribution in [-0.2, 0) is 0 Å². The van der Waals surface area contributed by atoms with Gasteiger partial charge in [0.1, 0.15) is 0 Å². The minimum atomic E-state index is -0.0304. The second-order valence-corrected chi connectivity index (χ2v) is 3.77. The van der Waals surface area contributed by atoms with Gasteiger partial charge in [0, 0.05) is 31.2 Å². The van der Waals surface area contributed by atoms with Crippen molar-refractivity contribution in [2.45, 2.75) is 25.3 Å². The number of amides is 1. The van der Waals surface area contributed by atoms with Crippen LogP contribution < -0.4 is 10.6 Å². The number of anilines is 1. The monoisotopic (exact) mass is 205 g/mol. The zero-order valence-corrected chi connectivity index (χ0v) is 8.79. The highest BCUT2D eigenvalue weighted by Crippen LogP contribution is 2.20. The molecule has 0 spiro atoms. The minimum Gasteiger partial charge on any atom is -0.387 e. The second kappa shape index (κ2) is 4.29.